The molecule has 0 spiro atoms. The smallest absolute Gasteiger partial charge is 0.191 e. The number of guanidine groups is 1. The van der Waals surface area contributed by atoms with Crippen molar-refractivity contribution in [3.05, 3.63) is 22.4 Å². The van der Waals surface area contributed by atoms with Gasteiger partial charge in [-0.2, -0.15) is 0 Å². The highest BCUT2D eigenvalue weighted by Gasteiger charge is 2.15. The summed E-state index contributed by atoms with van der Waals surface area (Å²) in [4.78, 5) is 8.05. The van der Waals surface area contributed by atoms with Crippen molar-refractivity contribution in [1.29, 1.82) is 0 Å². The molecule has 0 radical (unpaired) electrons. The average Bonchev–Trinajstić information content (AvgIpc) is 2.84. The lowest BCUT2D eigenvalue weighted by atomic mass is 10.2. The zero-order valence-corrected chi connectivity index (χ0v) is 11.3. The van der Waals surface area contributed by atoms with E-state index in [4.69, 9.17) is 0 Å². The summed E-state index contributed by atoms with van der Waals surface area (Å²) in [5, 5.41) is 8.80. The second-order valence-corrected chi connectivity index (χ2v) is 5.37. The van der Waals surface area contributed by atoms with Gasteiger partial charge in [0.05, 0.1) is 6.04 Å². The van der Waals surface area contributed by atoms with E-state index < -0.39 is 0 Å². The number of aliphatic imine (C=N–C) groups is 1. The third-order valence-corrected chi connectivity index (χ3v) is 3.83. The lowest BCUT2D eigenvalue weighted by Crippen LogP contribution is -2.43. The fourth-order valence-electron chi connectivity index (χ4n) is 1.86. The predicted octanol–water partition coefficient (Wildman–Crippen LogP) is 1.29. The summed E-state index contributed by atoms with van der Waals surface area (Å²) in [5.74, 6) is 0.944. The molecule has 17 heavy (non-hydrogen) atoms. The van der Waals surface area contributed by atoms with E-state index in [1.54, 1.807) is 11.3 Å². The third kappa shape index (κ3) is 3.44. The van der Waals surface area contributed by atoms with E-state index >= 15 is 0 Å². The molecule has 0 aliphatic carbocycles. The van der Waals surface area contributed by atoms with E-state index in [9.17, 15) is 0 Å². The second-order valence-electron chi connectivity index (χ2n) is 4.39. The first-order chi connectivity index (χ1) is 8.27. The fourth-order valence-corrected chi connectivity index (χ4v) is 2.79. The zero-order valence-electron chi connectivity index (χ0n) is 10.4. The van der Waals surface area contributed by atoms with E-state index in [1.165, 1.54) is 4.88 Å². The maximum atomic E-state index is 4.42. The Morgan fingerprint density at radius 1 is 1.59 bits per heavy atom. The minimum absolute atomic E-state index is 0.404. The van der Waals surface area contributed by atoms with Gasteiger partial charge in [-0.1, -0.05) is 6.07 Å². The monoisotopic (exact) mass is 252 g/mol. The molecule has 1 aliphatic heterocycles. The summed E-state index contributed by atoms with van der Waals surface area (Å²) in [7, 11) is 4.23. The van der Waals surface area contributed by atoms with Gasteiger partial charge >= 0.3 is 0 Å². The minimum Gasteiger partial charge on any atom is -0.356 e. The number of likely N-dealkylation sites (N-methyl/N-ethyl adjacent to an activating group) is 1. The first-order valence-electron chi connectivity index (χ1n) is 5.99. The quantitative estimate of drug-likeness (QED) is 0.848. The summed E-state index contributed by atoms with van der Waals surface area (Å²) < 4.78 is 0. The van der Waals surface area contributed by atoms with Gasteiger partial charge in [-0.05, 0) is 32.0 Å². The van der Waals surface area contributed by atoms with Crippen molar-refractivity contribution in [2.24, 2.45) is 4.99 Å². The Labute approximate surface area is 107 Å². The summed E-state index contributed by atoms with van der Waals surface area (Å²) in [6, 6.07) is 4.70. The average molecular weight is 252 g/mol. The van der Waals surface area contributed by atoms with E-state index in [2.05, 4.69) is 52.1 Å². The lowest BCUT2D eigenvalue weighted by molar-refractivity contribution is 0.302. The van der Waals surface area contributed by atoms with Crippen LogP contribution in [0.1, 0.15) is 17.3 Å². The molecule has 2 N–H and O–H groups in total. The number of hydrogen-bond donors (Lipinski definition) is 2. The Morgan fingerprint density at radius 3 is 3.06 bits per heavy atom. The van der Waals surface area contributed by atoms with Gasteiger partial charge in [0.2, 0.25) is 0 Å². The predicted molar refractivity (Wildman–Crippen MR) is 73.7 cm³/mol. The van der Waals surface area contributed by atoms with Gasteiger partial charge in [0, 0.05) is 24.5 Å². The Kier molecular flexibility index (Phi) is 4.39. The number of hydrogen-bond acceptors (Lipinski definition) is 5. The van der Waals surface area contributed by atoms with E-state index in [0.717, 1.165) is 32.0 Å². The van der Waals surface area contributed by atoms with Gasteiger partial charge in [0.15, 0.2) is 5.96 Å². The third-order valence-electron chi connectivity index (χ3n) is 2.86. The van der Waals surface area contributed by atoms with Crippen LogP contribution in [0.3, 0.4) is 0 Å². The maximum Gasteiger partial charge on any atom is 0.191 e. The van der Waals surface area contributed by atoms with Crippen LogP contribution in [0.25, 0.3) is 0 Å². The standard InChI is InChI=1S/C12H20N4S/c1-16(2)10(11-5-3-8-17-11)9-15-12-13-6-4-7-14-12/h3,5,8,10H,4,6-7,9H2,1-2H3,(H2,13,14,15)/t10-/m1/s1. The molecule has 0 bridgehead atoms. The topological polar surface area (TPSA) is 39.7 Å². The number of rotatable bonds is 4. The van der Waals surface area contributed by atoms with Crippen molar-refractivity contribution in [3.63, 3.8) is 0 Å². The number of nitrogens with one attached hydrogen (secondary N) is 2. The summed E-state index contributed by atoms with van der Waals surface area (Å²) in [6.45, 7) is 2.85. The molecule has 0 aromatic carbocycles. The van der Waals surface area contributed by atoms with Crippen LogP contribution < -0.4 is 10.6 Å². The highest BCUT2D eigenvalue weighted by molar-refractivity contribution is 7.10. The largest absolute Gasteiger partial charge is 0.356 e. The molecule has 2 heterocycles. The normalized spacial score (nSPS) is 17.5. The Hall–Kier alpha value is -1.07. The molecule has 1 aliphatic rings. The van der Waals surface area contributed by atoms with E-state index in [1.807, 2.05) is 0 Å². The van der Waals surface area contributed by atoms with E-state index in [-0.39, 0.29) is 0 Å². The van der Waals surface area contributed by atoms with Gasteiger partial charge in [0.25, 0.3) is 0 Å². The van der Waals surface area contributed by atoms with Crippen molar-refractivity contribution in [1.82, 2.24) is 15.5 Å². The molecule has 94 valence electrons. The van der Waals surface area contributed by atoms with Gasteiger partial charge in [-0.15, -0.1) is 11.3 Å². The van der Waals surface area contributed by atoms with Crippen LogP contribution in [0.5, 0.6) is 0 Å². The van der Waals surface area contributed by atoms with Crippen molar-refractivity contribution in [2.75, 3.05) is 33.7 Å². The molecule has 1 atom stereocenters. The van der Waals surface area contributed by atoms with Crippen LogP contribution in [-0.2, 0) is 0 Å². The Morgan fingerprint density at radius 2 is 2.47 bits per heavy atom. The molecule has 2 rings (SSSR count). The van der Waals surface area contributed by atoms with Crippen LogP contribution in [0.2, 0.25) is 0 Å². The van der Waals surface area contributed by atoms with Crippen molar-refractivity contribution < 1.29 is 0 Å². The van der Waals surface area contributed by atoms with Crippen LogP contribution in [0.15, 0.2) is 22.5 Å². The molecular weight excluding hydrogens is 232 g/mol. The molecule has 1 aromatic rings. The molecule has 0 saturated heterocycles. The maximum absolute atomic E-state index is 4.42. The first kappa shape index (κ1) is 12.4. The van der Waals surface area contributed by atoms with Crippen LogP contribution >= 0.6 is 11.3 Å². The first-order valence-corrected chi connectivity index (χ1v) is 6.87. The zero-order chi connectivity index (χ0) is 12.1. The molecule has 0 fully saturated rings. The van der Waals surface area contributed by atoms with Crippen LogP contribution in [0, 0.1) is 0 Å². The summed E-state index contributed by atoms with van der Waals surface area (Å²) >= 11 is 1.80. The molecule has 5 heteroatoms. The fraction of sp³-hybridized carbons (Fsp3) is 0.583. The SMILES string of the molecule is CN(C)[C@H](CNC1=NCCCN1)c1cccs1. The van der Waals surface area contributed by atoms with Crippen LogP contribution in [0.4, 0.5) is 0 Å². The Balaban J connectivity index is 1.92. The van der Waals surface area contributed by atoms with Gasteiger partial charge in [-0.25, -0.2) is 0 Å². The van der Waals surface area contributed by atoms with Crippen molar-refractivity contribution in [2.45, 2.75) is 12.5 Å². The van der Waals surface area contributed by atoms with Gasteiger partial charge < -0.3 is 15.5 Å². The molecule has 0 saturated carbocycles. The van der Waals surface area contributed by atoms with Crippen LogP contribution in [-0.4, -0.2) is 44.6 Å². The summed E-state index contributed by atoms with van der Waals surface area (Å²) in [6.07, 6.45) is 1.13. The van der Waals surface area contributed by atoms with Gasteiger partial charge in [-0.3, -0.25) is 4.99 Å². The van der Waals surface area contributed by atoms with Crippen molar-refractivity contribution in [3.8, 4) is 0 Å². The lowest BCUT2D eigenvalue weighted by Gasteiger charge is -2.25. The molecule has 1 aromatic heterocycles. The number of nitrogens with zero attached hydrogens (tertiary/aromatic N) is 2. The van der Waals surface area contributed by atoms with Gasteiger partial charge in [0.1, 0.15) is 0 Å². The molecular formula is C12H20N4S. The molecule has 0 amide bonds. The summed E-state index contributed by atoms with van der Waals surface area (Å²) in [5.41, 5.74) is 0. The molecule has 0 unspecified atom stereocenters. The second kappa shape index (κ2) is 6.02. The van der Waals surface area contributed by atoms with Crippen molar-refractivity contribution >= 4 is 17.3 Å². The molecule has 4 nitrogen and oxygen atoms in total. The Bertz CT molecular complexity index is 359. The highest BCUT2D eigenvalue weighted by Crippen LogP contribution is 2.22. The number of thiophene rings is 1. The highest BCUT2D eigenvalue weighted by atomic mass is 32.1. The van der Waals surface area contributed by atoms with E-state index in [0.29, 0.717) is 6.04 Å². The minimum atomic E-state index is 0.404.